The number of rotatable bonds is 4. The SMILES string of the molecule is CC.NC(=O)CNC(=O)c1cnc(Cl)c([N+](=O)[O-])c1. The van der Waals surface area contributed by atoms with Gasteiger partial charge in [0, 0.05) is 12.3 Å². The zero-order chi connectivity index (χ0) is 15.0. The van der Waals surface area contributed by atoms with Crippen molar-refractivity contribution in [2.45, 2.75) is 13.8 Å². The van der Waals surface area contributed by atoms with Crippen LogP contribution in [-0.2, 0) is 4.79 Å². The molecule has 0 radical (unpaired) electrons. The first-order valence-corrected chi connectivity index (χ1v) is 5.66. The zero-order valence-electron chi connectivity index (χ0n) is 10.3. The molecule has 1 heterocycles. The summed E-state index contributed by atoms with van der Waals surface area (Å²) in [6.07, 6.45) is 1.06. The first-order valence-electron chi connectivity index (χ1n) is 5.28. The molecule has 0 unspecified atom stereocenters. The lowest BCUT2D eigenvalue weighted by Gasteiger charge is -2.02. The summed E-state index contributed by atoms with van der Waals surface area (Å²) in [7, 11) is 0. The predicted octanol–water partition coefficient (Wildman–Crippen LogP) is 0.885. The molecule has 0 aromatic carbocycles. The fourth-order valence-corrected chi connectivity index (χ4v) is 1.13. The molecular formula is C10H13ClN4O4. The van der Waals surface area contributed by atoms with Gasteiger partial charge in [-0.25, -0.2) is 4.98 Å². The fourth-order valence-electron chi connectivity index (χ4n) is 0.958. The maximum absolute atomic E-state index is 11.4. The topological polar surface area (TPSA) is 128 Å². The second-order valence-electron chi connectivity index (χ2n) is 2.94. The van der Waals surface area contributed by atoms with Crippen molar-refractivity contribution in [3.05, 3.63) is 33.1 Å². The highest BCUT2D eigenvalue weighted by Gasteiger charge is 2.17. The van der Waals surface area contributed by atoms with Crippen LogP contribution in [0.5, 0.6) is 0 Å². The molecule has 19 heavy (non-hydrogen) atoms. The molecule has 3 N–H and O–H groups in total. The smallest absolute Gasteiger partial charge is 0.307 e. The van der Waals surface area contributed by atoms with Crippen LogP contribution >= 0.6 is 11.6 Å². The number of nitrogens with zero attached hydrogens (tertiary/aromatic N) is 2. The molecule has 8 nitrogen and oxygen atoms in total. The summed E-state index contributed by atoms with van der Waals surface area (Å²) in [5.41, 5.74) is 4.25. The summed E-state index contributed by atoms with van der Waals surface area (Å²) in [5.74, 6) is -1.43. The molecule has 0 aliphatic carbocycles. The Morgan fingerprint density at radius 3 is 2.58 bits per heavy atom. The van der Waals surface area contributed by atoms with Crippen LogP contribution in [0.15, 0.2) is 12.3 Å². The number of carbonyl (C=O) groups excluding carboxylic acids is 2. The lowest BCUT2D eigenvalue weighted by molar-refractivity contribution is -0.385. The van der Waals surface area contributed by atoms with E-state index >= 15 is 0 Å². The number of amides is 2. The van der Waals surface area contributed by atoms with E-state index in [1.165, 1.54) is 0 Å². The highest BCUT2D eigenvalue weighted by Crippen LogP contribution is 2.22. The maximum atomic E-state index is 11.4. The number of aromatic nitrogens is 1. The number of hydrogen-bond acceptors (Lipinski definition) is 5. The van der Waals surface area contributed by atoms with Crippen molar-refractivity contribution in [2.24, 2.45) is 5.73 Å². The Labute approximate surface area is 114 Å². The lowest BCUT2D eigenvalue weighted by Crippen LogP contribution is -2.33. The molecule has 1 aromatic heterocycles. The minimum Gasteiger partial charge on any atom is -0.368 e. The van der Waals surface area contributed by atoms with Crippen molar-refractivity contribution in [2.75, 3.05) is 6.54 Å². The summed E-state index contributed by atoms with van der Waals surface area (Å²) in [6.45, 7) is 3.63. The van der Waals surface area contributed by atoms with Crippen molar-refractivity contribution in [3.63, 3.8) is 0 Å². The number of pyridine rings is 1. The van der Waals surface area contributed by atoms with Crippen molar-refractivity contribution in [1.82, 2.24) is 10.3 Å². The van der Waals surface area contributed by atoms with Gasteiger partial charge >= 0.3 is 5.69 Å². The van der Waals surface area contributed by atoms with Gasteiger partial charge in [0.1, 0.15) is 0 Å². The van der Waals surface area contributed by atoms with E-state index in [2.05, 4.69) is 10.3 Å². The van der Waals surface area contributed by atoms with E-state index in [1.807, 2.05) is 13.8 Å². The molecule has 0 aliphatic heterocycles. The molecular weight excluding hydrogens is 276 g/mol. The van der Waals surface area contributed by atoms with Gasteiger partial charge in [0.05, 0.1) is 17.0 Å². The van der Waals surface area contributed by atoms with Gasteiger partial charge in [-0.3, -0.25) is 19.7 Å². The normalized spacial score (nSPS) is 9.00. The second kappa shape index (κ2) is 7.98. The van der Waals surface area contributed by atoms with Crippen molar-refractivity contribution < 1.29 is 14.5 Å². The first kappa shape index (κ1) is 16.8. The Bertz CT molecular complexity index is 492. The van der Waals surface area contributed by atoms with E-state index in [0.29, 0.717) is 0 Å². The van der Waals surface area contributed by atoms with Crippen molar-refractivity contribution >= 4 is 29.1 Å². The van der Waals surface area contributed by atoms with Gasteiger partial charge in [0.15, 0.2) is 0 Å². The zero-order valence-corrected chi connectivity index (χ0v) is 11.1. The van der Waals surface area contributed by atoms with Crippen LogP contribution in [0.3, 0.4) is 0 Å². The standard InChI is InChI=1S/C8H7ClN4O4.C2H6/c9-7-5(13(16)17)1-4(2-11-7)8(15)12-3-6(10)14;1-2/h1-2H,3H2,(H2,10,14)(H,12,15);1-2H3. The molecule has 0 fully saturated rings. The summed E-state index contributed by atoms with van der Waals surface area (Å²) >= 11 is 5.46. The van der Waals surface area contributed by atoms with Gasteiger partial charge in [-0.05, 0) is 0 Å². The molecule has 0 saturated carbocycles. The summed E-state index contributed by atoms with van der Waals surface area (Å²) < 4.78 is 0. The van der Waals surface area contributed by atoms with Crippen LogP contribution in [0.1, 0.15) is 24.2 Å². The quantitative estimate of drug-likeness (QED) is 0.483. The Balaban J connectivity index is 0.00000154. The number of carbonyl (C=O) groups is 2. The third-order valence-electron chi connectivity index (χ3n) is 1.70. The lowest BCUT2D eigenvalue weighted by atomic mass is 10.2. The Morgan fingerprint density at radius 2 is 2.11 bits per heavy atom. The van der Waals surface area contributed by atoms with Crippen LogP contribution in [0.2, 0.25) is 5.15 Å². The average Bonchev–Trinajstić information content (AvgIpc) is 2.38. The van der Waals surface area contributed by atoms with Gasteiger partial charge in [0.2, 0.25) is 11.1 Å². The molecule has 9 heteroatoms. The van der Waals surface area contributed by atoms with E-state index < -0.39 is 22.4 Å². The highest BCUT2D eigenvalue weighted by molar-refractivity contribution is 6.31. The van der Waals surface area contributed by atoms with E-state index in [0.717, 1.165) is 12.3 Å². The third-order valence-corrected chi connectivity index (χ3v) is 1.99. The molecule has 1 aromatic rings. The number of nitrogens with one attached hydrogen (secondary N) is 1. The molecule has 2 amide bonds. The highest BCUT2D eigenvalue weighted by atomic mass is 35.5. The molecule has 0 aliphatic rings. The monoisotopic (exact) mass is 288 g/mol. The van der Waals surface area contributed by atoms with Gasteiger partial charge in [-0.15, -0.1) is 0 Å². The number of primary amides is 1. The molecule has 0 saturated heterocycles. The van der Waals surface area contributed by atoms with Crippen LogP contribution < -0.4 is 11.1 Å². The fraction of sp³-hybridized carbons (Fsp3) is 0.300. The number of hydrogen-bond donors (Lipinski definition) is 2. The molecule has 104 valence electrons. The Morgan fingerprint density at radius 1 is 1.53 bits per heavy atom. The summed E-state index contributed by atoms with van der Waals surface area (Å²) in [4.78, 5) is 35.1. The second-order valence-corrected chi connectivity index (χ2v) is 3.30. The van der Waals surface area contributed by atoms with Gasteiger partial charge in [-0.2, -0.15) is 0 Å². The largest absolute Gasteiger partial charge is 0.368 e. The minimum absolute atomic E-state index is 0.0812. The molecule has 0 atom stereocenters. The number of halogens is 1. The van der Waals surface area contributed by atoms with Crippen LogP contribution in [0.4, 0.5) is 5.69 Å². The molecule has 0 bridgehead atoms. The summed E-state index contributed by atoms with van der Waals surface area (Å²) in [6, 6.07) is 0.964. The van der Waals surface area contributed by atoms with Gasteiger partial charge < -0.3 is 11.1 Å². The minimum atomic E-state index is -0.764. The number of nitrogens with two attached hydrogens (primary N) is 1. The third kappa shape index (κ3) is 5.30. The van der Waals surface area contributed by atoms with Crippen molar-refractivity contribution in [3.8, 4) is 0 Å². The van der Waals surface area contributed by atoms with Gasteiger partial charge in [-0.1, -0.05) is 25.4 Å². The van der Waals surface area contributed by atoms with E-state index in [-0.39, 0.29) is 17.3 Å². The van der Waals surface area contributed by atoms with E-state index in [1.54, 1.807) is 0 Å². The number of nitro groups is 1. The molecule has 1 rings (SSSR count). The average molecular weight is 289 g/mol. The summed E-state index contributed by atoms with van der Waals surface area (Å²) in [5, 5.41) is 12.4. The van der Waals surface area contributed by atoms with Crippen molar-refractivity contribution in [1.29, 1.82) is 0 Å². The van der Waals surface area contributed by atoms with E-state index in [9.17, 15) is 19.7 Å². The molecule has 0 spiro atoms. The maximum Gasteiger partial charge on any atom is 0.307 e. The Kier molecular flexibility index (Phi) is 7.05. The Hall–Kier alpha value is -2.22. The van der Waals surface area contributed by atoms with Crippen LogP contribution in [0.25, 0.3) is 0 Å². The van der Waals surface area contributed by atoms with E-state index in [4.69, 9.17) is 17.3 Å². The van der Waals surface area contributed by atoms with Crippen LogP contribution in [0, 0.1) is 10.1 Å². The van der Waals surface area contributed by atoms with Crippen LogP contribution in [-0.4, -0.2) is 28.3 Å². The first-order chi connectivity index (χ1) is 8.91. The predicted molar refractivity (Wildman–Crippen MR) is 68.8 cm³/mol. The van der Waals surface area contributed by atoms with Gasteiger partial charge in [0.25, 0.3) is 5.91 Å².